The molecule has 1 aliphatic carbocycles. The molecule has 0 heterocycles. The first kappa shape index (κ1) is 13.5. The fourth-order valence-electron chi connectivity index (χ4n) is 2.27. The lowest BCUT2D eigenvalue weighted by Crippen LogP contribution is -2.41. The van der Waals surface area contributed by atoms with Crippen molar-refractivity contribution >= 4 is 5.91 Å². The lowest BCUT2D eigenvalue weighted by atomic mass is 9.94. The Morgan fingerprint density at radius 2 is 1.94 bits per heavy atom. The summed E-state index contributed by atoms with van der Waals surface area (Å²) in [5.74, 6) is 0.173. The number of hydrogen-bond acceptors (Lipinski definition) is 3. The van der Waals surface area contributed by atoms with E-state index in [4.69, 9.17) is 11.5 Å². The second kappa shape index (κ2) is 7.63. The third kappa shape index (κ3) is 4.49. The van der Waals surface area contributed by atoms with Gasteiger partial charge in [0.1, 0.15) is 0 Å². The van der Waals surface area contributed by atoms with Gasteiger partial charge in [-0.05, 0) is 32.2 Å². The summed E-state index contributed by atoms with van der Waals surface area (Å²) in [5.41, 5.74) is 11.4. The van der Waals surface area contributed by atoms with Gasteiger partial charge in [-0.3, -0.25) is 4.79 Å². The van der Waals surface area contributed by atoms with Gasteiger partial charge >= 0.3 is 0 Å². The minimum Gasteiger partial charge on any atom is -0.356 e. The summed E-state index contributed by atoms with van der Waals surface area (Å²) >= 11 is 0. The van der Waals surface area contributed by atoms with E-state index in [2.05, 4.69) is 5.32 Å². The molecule has 0 radical (unpaired) electrons. The molecule has 0 bridgehead atoms. The van der Waals surface area contributed by atoms with Gasteiger partial charge in [-0.15, -0.1) is 0 Å². The fourth-order valence-corrected chi connectivity index (χ4v) is 2.27. The maximum absolute atomic E-state index is 11.9. The van der Waals surface area contributed by atoms with E-state index in [1.165, 1.54) is 6.42 Å². The van der Waals surface area contributed by atoms with Gasteiger partial charge in [-0.1, -0.05) is 19.3 Å². The van der Waals surface area contributed by atoms with Crippen molar-refractivity contribution in [3.05, 3.63) is 0 Å². The first-order valence-electron chi connectivity index (χ1n) is 6.49. The molecular formula is C12H25N3O. The van der Waals surface area contributed by atoms with Crippen molar-refractivity contribution in [3.63, 3.8) is 0 Å². The van der Waals surface area contributed by atoms with Crippen molar-refractivity contribution in [1.82, 2.24) is 5.32 Å². The van der Waals surface area contributed by atoms with E-state index in [0.717, 1.165) is 45.1 Å². The second-order valence-corrected chi connectivity index (χ2v) is 4.70. The van der Waals surface area contributed by atoms with Crippen LogP contribution in [0.25, 0.3) is 0 Å². The van der Waals surface area contributed by atoms with Crippen LogP contribution in [0.15, 0.2) is 0 Å². The van der Waals surface area contributed by atoms with Crippen LogP contribution in [-0.4, -0.2) is 25.0 Å². The molecule has 1 aliphatic rings. The van der Waals surface area contributed by atoms with E-state index in [9.17, 15) is 4.79 Å². The molecule has 1 saturated carbocycles. The van der Waals surface area contributed by atoms with Crippen molar-refractivity contribution in [2.75, 3.05) is 13.1 Å². The molecule has 2 atom stereocenters. The number of nitrogens with one attached hydrogen (secondary N) is 1. The zero-order valence-electron chi connectivity index (χ0n) is 10.1. The molecule has 16 heavy (non-hydrogen) atoms. The number of hydrogen-bond donors (Lipinski definition) is 3. The van der Waals surface area contributed by atoms with Crippen molar-refractivity contribution in [2.24, 2.45) is 17.4 Å². The summed E-state index contributed by atoms with van der Waals surface area (Å²) in [7, 11) is 0. The highest BCUT2D eigenvalue weighted by Gasteiger charge is 2.26. The Kier molecular flexibility index (Phi) is 6.42. The Hall–Kier alpha value is -0.610. The topological polar surface area (TPSA) is 81.1 Å². The first-order chi connectivity index (χ1) is 7.75. The van der Waals surface area contributed by atoms with Crippen molar-refractivity contribution in [1.29, 1.82) is 0 Å². The number of unbranched alkanes of at least 4 members (excludes halogenated alkanes) is 1. The maximum atomic E-state index is 11.9. The second-order valence-electron chi connectivity index (χ2n) is 4.70. The average Bonchev–Trinajstić information content (AvgIpc) is 2.49. The molecule has 4 heteroatoms. The van der Waals surface area contributed by atoms with Gasteiger partial charge in [0.15, 0.2) is 0 Å². The molecule has 5 N–H and O–H groups in total. The molecule has 1 amide bonds. The smallest absolute Gasteiger partial charge is 0.224 e. The Labute approximate surface area is 98.1 Å². The zero-order chi connectivity index (χ0) is 11.8. The number of carbonyl (C=O) groups excluding carboxylic acids is 1. The predicted octanol–water partition coefficient (Wildman–Crippen LogP) is 0.749. The standard InChI is InChI=1S/C12H25N3O/c13-8-4-5-9-15-12(16)10-6-2-1-3-7-11(10)14/h10-11H,1-9,13-14H2,(H,15,16). The molecule has 0 aliphatic heterocycles. The van der Waals surface area contributed by atoms with Gasteiger partial charge in [0.25, 0.3) is 0 Å². The Bertz CT molecular complexity index is 208. The molecule has 4 nitrogen and oxygen atoms in total. The summed E-state index contributed by atoms with van der Waals surface area (Å²) in [6, 6.07) is 0.0528. The third-order valence-corrected chi connectivity index (χ3v) is 3.34. The summed E-state index contributed by atoms with van der Waals surface area (Å²) in [5, 5.41) is 2.97. The number of amides is 1. The SMILES string of the molecule is NCCCCNC(=O)C1CCCCCC1N. The van der Waals surface area contributed by atoms with Crippen molar-refractivity contribution in [3.8, 4) is 0 Å². The summed E-state index contributed by atoms with van der Waals surface area (Å²) in [6.45, 7) is 1.43. The van der Waals surface area contributed by atoms with Gasteiger partial charge < -0.3 is 16.8 Å². The van der Waals surface area contributed by atoms with Crippen LogP contribution in [-0.2, 0) is 4.79 Å². The number of nitrogens with two attached hydrogens (primary N) is 2. The van der Waals surface area contributed by atoms with Crippen molar-refractivity contribution in [2.45, 2.75) is 51.0 Å². The van der Waals surface area contributed by atoms with Crippen LogP contribution in [0.5, 0.6) is 0 Å². The number of carbonyl (C=O) groups is 1. The van der Waals surface area contributed by atoms with Gasteiger partial charge in [-0.25, -0.2) is 0 Å². The molecule has 0 aromatic rings. The minimum atomic E-state index is 0.0281. The van der Waals surface area contributed by atoms with E-state index >= 15 is 0 Å². The molecule has 0 spiro atoms. The van der Waals surface area contributed by atoms with Gasteiger partial charge in [0.2, 0.25) is 5.91 Å². The van der Waals surface area contributed by atoms with Gasteiger partial charge in [0, 0.05) is 12.6 Å². The molecule has 0 aromatic carbocycles. The highest BCUT2D eigenvalue weighted by atomic mass is 16.1. The van der Waals surface area contributed by atoms with E-state index < -0.39 is 0 Å². The molecule has 1 fully saturated rings. The highest BCUT2D eigenvalue weighted by molar-refractivity contribution is 5.79. The van der Waals surface area contributed by atoms with E-state index in [1.54, 1.807) is 0 Å². The van der Waals surface area contributed by atoms with Crippen LogP contribution in [0.4, 0.5) is 0 Å². The molecule has 0 saturated heterocycles. The lowest BCUT2D eigenvalue weighted by molar-refractivity contribution is -0.125. The van der Waals surface area contributed by atoms with Crippen LogP contribution in [0.2, 0.25) is 0 Å². The summed E-state index contributed by atoms with van der Waals surface area (Å²) in [4.78, 5) is 11.9. The monoisotopic (exact) mass is 227 g/mol. The predicted molar refractivity (Wildman–Crippen MR) is 65.8 cm³/mol. The molecule has 2 unspecified atom stereocenters. The number of rotatable bonds is 5. The maximum Gasteiger partial charge on any atom is 0.224 e. The van der Waals surface area contributed by atoms with Crippen LogP contribution >= 0.6 is 0 Å². The minimum absolute atomic E-state index is 0.0281. The Morgan fingerprint density at radius 1 is 1.19 bits per heavy atom. The largest absolute Gasteiger partial charge is 0.356 e. The van der Waals surface area contributed by atoms with E-state index in [1.807, 2.05) is 0 Å². The summed E-state index contributed by atoms with van der Waals surface area (Å²) < 4.78 is 0. The molecule has 1 rings (SSSR count). The normalized spacial score (nSPS) is 26.1. The fraction of sp³-hybridized carbons (Fsp3) is 0.917. The quantitative estimate of drug-likeness (QED) is 0.479. The van der Waals surface area contributed by atoms with Crippen LogP contribution < -0.4 is 16.8 Å². The van der Waals surface area contributed by atoms with Crippen LogP contribution in [0.3, 0.4) is 0 Å². The molecule has 0 aromatic heterocycles. The highest BCUT2D eigenvalue weighted by Crippen LogP contribution is 2.22. The third-order valence-electron chi connectivity index (χ3n) is 3.34. The van der Waals surface area contributed by atoms with Crippen LogP contribution in [0.1, 0.15) is 44.9 Å². The van der Waals surface area contributed by atoms with Crippen LogP contribution in [0, 0.1) is 5.92 Å². The summed E-state index contributed by atoms with van der Waals surface area (Å²) in [6.07, 6.45) is 7.38. The first-order valence-corrected chi connectivity index (χ1v) is 6.49. The Morgan fingerprint density at radius 3 is 2.69 bits per heavy atom. The van der Waals surface area contributed by atoms with Gasteiger partial charge in [-0.2, -0.15) is 0 Å². The van der Waals surface area contributed by atoms with Gasteiger partial charge in [0.05, 0.1) is 5.92 Å². The molecule has 94 valence electrons. The van der Waals surface area contributed by atoms with E-state index in [-0.39, 0.29) is 17.9 Å². The molecular weight excluding hydrogens is 202 g/mol. The van der Waals surface area contributed by atoms with Crippen molar-refractivity contribution < 1.29 is 4.79 Å². The zero-order valence-corrected chi connectivity index (χ0v) is 10.1. The lowest BCUT2D eigenvalue weighted by Gasteiger charge is -2.20. The Balaban J connectivity index is 2.27. The van der Waals surface area contributed by atoms with E-state index in [0.29, 0.717) is 6.54 Å². The average molecular weight is 227 g/mol.